The van der Waals surface area contributed by atoms with Crippen LogP contribution >= 0.6 is 0 Å². The molecule has 6 nitrogen and oxygen atoms in total. The number of sulfonamides is 1. The van der Waals surface area contributed by atoms with Gasteiger partial charge in [0, 0.05) is 32.7 Å². The number of hydrogen-bond acceptors (Lipinski definition) is 5. The van der Waals surface area contributed by atoms with E-state index < -0.39 is 10.0 Å². The monoisotopic (exact) mass is 385 g/mol. The van der Waals surface area contributed by atoms with E-state index in [4.69, 9.17) is 10.00 Å². The molecule has 3 rings (SSSR count). The van der Waals surface area contributed by atoms with Crippen LogP contribution in [0.25, 0.3) is 0 Å². The molecule has 1 fully saturated rings. The zero-order valence-corrected chi connectivity index (χ0v) is 15.9. The summed E-state index contributed by atoms with van der Waals surface area (Å²) in [6.45, 7) is 3.61. The Morgan fingerprint density at radius 3 is 2.44 bits per heavy atom. The number of piperazine rings is 1. The Balaban J connectivity index is 1.44. The van der Waals surface area contributed by atoms with Gasteiger partial charge in [0.2, 0.25) is 10.0 Å². The lowest BCUT2D eigenvalue weighted by Crippen LogP contribution is -2.49. The molecule has 27 heavy (non-hydrogen) atoms. The average Bonchev–Trinajstić information content (AvgIpc) is 2.69. The molecule has 7 heteroatoms. The Morgan fingerprint density at radius 2 is 1.74 bits per heavy atom. The summed E-state index contributed by atoms with van der Waals surface area (Å²) in [6, 6.07) is 18.4. The fourth-order valence-electron chi connectivity index (χ4n) is 3.06. The summed E-state index contributed by atoms with van der Waals surface area (Å²) in [6.07, 6.45) is 0. The van der Waals surface area contributed by atoms with Gasteiger partial charge < -0.3 is 4.74 Å². The molecule has 0 radical (unpaired) electrons. The molecule has 0 bridgehead atoms. The van der Waals surface area contributed by atoms with Gasteiger partial charge >= 0.3 is 0 Å². The summed E-state index contributed by atoms with van der Waals surface area (Å²) < 4.78 is 32.4. The molecule has 1 saturated heterocycles. The van der Waals surface area contributed by atoms with Crippen LogP contribution in [0, 0.1) is 11.3 Å². The van der Waals surface area contributed by atoms with Crippen LogP contribution in [0.2, 0.25) is 0 Å². The van der Waals surface area contributed by atoms with Crippen molar-refractivity contribution in [3.8, 4) is 11.8 Å². The van der Waals surface area contributed by atoms with Crippen molar-refractivity contribution >= 4 is 10.0 Å². The van der Waals surface area contributed by atoms with E-state index in [0.717, 1.165) is 12.1 Å². The van der Waals surface area contributed by atoms with Crippen LogP contribution in [-0.4, -0.2) is 57.0 Å². The largest absolute Gasteiger partial charge is 0.492 e. The Bertz CT molecular complexity index is 886. The van der Waals surface area contributed by atoms with Crippen LogP contribution in [-0.2, 0) is 15.8 Å². The average molecular weight is 385 g/mol. The molecule has 0 unspecified atom stereocenters. The van der Waals surface area contributed by atoms with Gasteiger partial charge in [-0.3, -0.25) is 4.90 Å². The molecule has 2 aromatic rings. The quantitative estimate of drug-likeness (QED) is 0.730. The Labute approximate surface area is 160 Å². The summed E-state index contributed by atoms with van der Waals surface area (Å²) >= 11 is 0. The lowest BCUT2D eigenvalue weighted by Gasteiger charge is -2.33. The Kier molecular flexibility index (Phi) is 6.45. The van der Waals surface area contributed by atoms with Crippen molar-refractivity contribution in [3.05, 3.63) is 65.7 Å². The van der Waals surface area contributed by atoms with Gasteiger partial charge in [-0.25, -0.2) is 8.42 Å². The van der Waals surface area contributed by atoms with Crippen LogP contribution in [0.3, 0.4) is 0 Å². The Hall–Kier alpha value is -2.40. The van der Waals surface area contributed by atoms with Gasteiger partial charge in [-0.05, 0) is 23.8 Å². The standard InChI is InChI=1S/C20H23N3O3S/c21-16-19-7-4-8-20(15-19)26-14-13-22-9-11-23(12-10-22)27(24,25)17-18-5-2-1-3-6-18/h1-8,15H,9-14,17H2. The van der Waals surface area contributed by atoms with E-state index >= 15 is 0 Å². The van der Waals surface area contributed by atoms with Crippen molar-refractivity contribution in [2.45, 2.75) is 5.75 Å². The molecule has 0 spiro atoms. The maximum Gasteiger partial charge on any atom is 0.218 e. The lowest BCUT2D eigenvalue weighted by atomic mass is 10.2. The van der Waals surface area contributed by atoms with Crippen LogP contribution in [0.15, 0.2) is 54.6 Å². The van der Waals surface area contributed by atoms with E-state index in [-0.39, 0.29) is 5.75 Å². The van der Waals surface area contributed by atoms with Gasteiger partial charge in [0.1, 0.15) is 12.4 Å². The van der Waals surface area contributed by atoms with E-state index in [1.807, 2.05) is 36.4 Å². The van der Waals surface area contributed by atoms with Crippen LogP contribution in [0.1, 0.15) is 11.1 Å². The summed E-state index contributed by atoms with van der Waals surface area (Å²) in [5.41, 5.74) is 1.39. The first-order valence-corrected chi connectivity index (χ1v) is 10.5. The highest BCUT2D eigenvalue weighted by Crippen LogP contribution is 2.15. The first kappa shape index (κ1) is 19.4. The smallest absolute Gasteiger partial charge is 0.218 e. The predicted octanol–water partition coefficient (Wildman–Crippen LogP) is 2.08. The summed E-state index contributed by atoms with van der Waals surface area (Å²) in [5, 5.41) is 8.91. The van der Waals surface area contributed by atoms with Crippen molar-refractivity contribution in [3.63, 3.8) is 0 Å². The number of ether oxygens (including phenoxy) is 1. The highest BCUT2D eigenvalue weighted by atomic mass is 32.2. The number of hydrogen-bond donors (Lipinski definition) is 0. The minimum Gasteiger partial charge on any atom is -0.492 e. The van der Waals surface area contributed by atoms with Crippen LogP contribution < -0.4 is 4.74 Å². The number of rotatable bonds is 7. The second kappa shape index (κ2) is 9.00. The second-order valence-electron chi connectivity index (χ2n) is 6.47. The number of nitriles is 1. The molecule has 0 saturated carbocycles. The highest BCUT2D eigenvalue weighted by Gasteiger charge is 2.26. The molecular formula is C20H23N3O3S. The topological polar surface area (TPSA) is 73.6 Å². The van der Waals surface area contributed by atoms with Gasteiger partial charge in [0.05, 0.1) is 17.4 Å². The van der Waals surface area contributed by atoms with E-state index in [0.29, 0.717) is 44.1 Å². The van der Waals surface area contributed by atoms with Gasteiger partial charge in [-0.2, -0.15) is 9.57 Å². The fraction of sp³-hybridized carbons (Fsp3) is 0.350. The van der Waals surface area contributed by atoms with Crippen molar-refractivity contribution in [1.82, 2.24) is 9.21 Å². The van der Waals surface area contributed by atoms with Gasteiger partial charge in [0.15, 0.2) is 0 Å². The van der Waals surface area contributed by atoms with E-state index in [1.54, 1.807) is 22.5 Å². The zero-order valence-electron chi connectivity index (χ0n) is 15.1. The third-order valence-electron chi connectivity index (χ3n) is 4.56. The Morgan fingerprint density at radius 1 is 1.00 bits per heavy atom. The molecule has 1 heterocycles. The first-order valence-electron chi connectivity index (χ1n) is 8.94. The zero-order chi connectivity index (χ0) is 19.1. The molecule has 0 aromatic heterocycles. The van der Waals surface area contributed by atoms with Gasteiger partial charge in [-0.1, -0.05) is 36.4 Å². The second-order valence-corrected chi connectivity index (χ2v) is 8.44. The van der Waals surface area contributed by atoms with E-state index in [2.05, 4.69) is 11.0 Å². The van der Waals surface area contributed by atoms with E-state index in [1.165, 1.54) is 0 Å². The summed E-state index contributed by atoms with van der Waals surface area (Å²) in [7, 11) is -3.29. The normalized spacial score (nSPS) is 16.0. The molecule has 142 valence electrons. The van der Waals surface area contributed by atoms with Crippen molar-refractivity contribution in [1.29, 1.82) is 5.26 Å². The molecular weight excluding hydrogens is 362 g/mol. The maximum atomic E-state index is 12.6. The van der Waals surface area contributed by atoms with E-state index in [9.17, 15) is 8.42 Å². The third kappa shape index (κ3) is 5.54. The minimum absolute atomic E-state index is 0.0478. The van der Waals surface area contributed by atoms with Crippen LogP contribution in [0.4, 0.5) is 0 Å². The van der Waals surface area contributed by atoms with Gasteiger partial charge in [0.25, 0.3) is 0 Å². The lowest BCUT2D eigenvalue weighted by molar-refractivity contribution is 0.159. The minimum atomic E-state index is -3.29. The van der Waals surface area contributed by atoms with Gasteiger partial charge in [-0.15, -0.1) is 0 Å². The molecule has 0 amide bonds. The first-order chi connectivity index (χ1) is 13.1. The molecule has 0 N–H and O–H groups in total. The predicted molar refractivity (Wildman–Crippen MR) is 104 cm³/mol. The highest BCUT2D eigenvalue weighted by molar-refractivity contribution is 7.88. The van der Waals surface area contributed by atoms with Crippen molar-refractivity contribution in [2.75, 3.05) is 39.3 Å². The third-order valence-corrected chi connectivity index (χ3v) is 6.41. The van der Waals surface area contributed by atoms with Crippen LogP contribution in [0.5, 0.6) is 5.75 Å². The molecule has 0 aliphatic carbocycles. The van der Waals surface area contributed by atoms with Crippen molar-refractivity contribution < 1.29 is 13.2 Å². The number of benzene rings is 2. The number of nitrogens with zero attached hydrogens (tertiary/aromatic N) is 3. The summed E-state index contributed by atoms with van der Waals surface area (Å²) in [4.78, 5) is 2.20. The SMILES string of the molecule is N#Cc1cccc(OCCN2CCN(S(=O)(=O)Cc3ccccc3)CC2)c1. The fourth-order valence-corrected chi connectivity index (χ4v) is 4.57. The van der Waals surface area contributed by atoms with Crippen molar-refractivity contribution in [2.24, 2.45) is 0 Å². The summed E-state index contributed by atoms with van der Waals surface area (Å²) in [5.74, 6) is 0.727. The molecule has 1 aliphatic heterocycles. The molecule has 0 atom stereocenters. The molecule has 1 aliphatic rings. The maximum absolute atomic E-state index is 12.6. The molecule has 2 aromatic carbocycles.